The molecule has 1 aliphatic rings. The smallest absolute Gasteiger partial charge is 0.322 e. The van der Waals surface area contributed by atoms with Crippen molar-refractivity contribution >= 4 is 46.7 Å². The molecule has 0 unspecified atom stereocenters. The van der Waals surface area contributed by atoms with Crippen molar-refractivity contribution in [3.63, 3.8) is 0 Å². The van der Waals surface area contributed by atoms with Crippen molar-refractivity contribution in [1.82, 2.24) is 5.32 Å². The van der Waals surface area contributed by atoms with E-state index in [4.69, 9.17) is 0 Å². The molecule has 0 aromatic heterocycles. The molecule has 0 bridgehead atoms. The molecule has 200 valence electrons. The van der Waals surface area contributed by atoms with Crippen molar-refractivity contribution in [2.75, 3.05) is 31.4 Å². The van der Waals surface area contributed by atoms with Gasteiger partial charge in [-0.2, -0.15) is 0 Å². The zero-order valence-corrected chi connectivity index (χ0v) is 21.5. The molecular weight excluding hydrogens is 494 g/mol. The van der Waals surface area contributed by atoms with Crippen molar-refractivity contribution in [2.24, 2.45) is 5.92 Å². The van der Waals surface area contributed by atoms with E-state index in [1.807, 2.05) is 0 Å². The number of hydrogen-bond donors (Lipinski definition) is 3. The maximum absolute atomic E-state index is 13.5. The number of fused-ring (bicyclic) bond motifs is 2. The molecule has 2 amide bonds. The summed E-state index contributed by atoms with van der Waals surface area (Å²) in [5, 5.41) is 8.01. The fourth-order valence-corrected chi connectivity index (χ4v) is 4.03. The minimum absolute atomic E-state index is 0.0114. The van der Waals surface area contributed by atoms with Gasteiger partial charge in [0.25, 0.3) is 0 Å². The molecule has 0 saturated carbocycles. The standard InChI is InChI=1S/C27H29N3O8/c1-14(26(35)37-3)11-12-20(31)29-18-9-5-7-16-22(18)24(33)17-8-6-10-19(23(17)25(16)34)30-21(32)13-28-15(2)27(36)38-4/h5-10,14-15,28H,11-13H2,1-4H3,(H,29,31)(H,30,32)/t14-,15+/m0/s1. The summed E-state index contributed by atoms with van der Waals surface area (Å²) in [5.41, 5.74) is 0.582. The Hall–Kier alpha value is -4.38. The third-order valence-electron chi connectivity index (χ3n) is 6.15. The molecule has 3 rings (SSSR count). The summed E-state index contributed by atoms with van der Waals surface area (Å²) in [6.45, 7) is 2.96. The Morgan fingerprint density at radius 1 is 0.763 bits per heavy atom. The first-order chi connectivity index (χ1) is 18.1. The van der Waals surface area contributed by atoms with Crippen LogP contribution in [0.2, 0.25) is 0 Å². The molecule has 0 saturated heterocycles. The summed E-state index contributed by atoms with van der Waals surface area (Å²) >= 11 is 0. The van der Waals surface area contributed by atoms with Crippen molar-refractivity contribution in [2.45, 2.75) is 32.7 Å². The first-order valence-corrected chi connectivity index (χ1v) is 11.9. The third kappa shape index (κ3) is 6.12. The molecule has 11 heteroatoms. The molecule has 0 spiro atoms. The van der Waals surface area contributed by atoms with Crippen molar-refractivity contribution in [3.05, 3.63) is 58.7 Å². The lowest BCUT2D eigenvalue weighted by atomic mass is 9.82. The number of methoxy groups -OCH3 is 2. The average molecular weight is 524 g/mol. The predicted molar refractivity (Wildman–Crippen MR) is 137 cm³/mol. The van der Waals surface area contributed by atoms with Gasteiger partial charge in [0.1, 0.15) is 6.04 Å². The number of nitrogens with one attached hydrogen (secondary N) is 3. The third-order valence-corrected chi connectivity index (χ3v) is 6.15. The van der Waals surface area contributed by atoms with Gasteiger partial charge in [0.15, 0.2) is 11.6 Å². The van der Waals surface area contributed by atoms with Crippen LogP contribution in [0.3, 0.4) is 0 Å². The summed E-state index contributed by atoms with van der Waals surface area (Å²) < 4.78 is 9.27. The van der Waals surface area contributed by atoms with Crippen LogP contribution in [0, 0.1) is 5.92 Å². The van der Waals surface area contributed by atoms with E-state index in [2.05, 4.69) is 25.4 Å². The highest BCUT2D eigenvalue weighted by Gasteiger charge is 2.34. The zero-order chi connectivity index (χ0) is 28.0. The van der Waals surface area contributed by atoms with E-state index >= 15 is 0 Å². The number of carbonyl (C=O) groups excluding carboxylic acids is 6. The Morgan fingerprint density at radius 2 is 1.26 bits per heavy atom. The van der Waals surface area contributed by atoms with E-state index in [1.54, 1.807) is 19.9 Å². The second-order valence-corrected chi connectivity index (χ2v) is 8.80. The Morgan fingerprint density at radius 3 is 1.76 bits per heavy atom. The van der Waals surface area contributed by atoms with Crippen molar-refractivity contribution < 1.29 is 38.2 Å². The summed E-state index contributed by atoms with van der Waals surface area (Å²) in [5.74, 6) is -3.36. The Balaban J connectivity index is 1.80. The number of anilines is 2. The average Bonchev–Trinajstić information content (AvgIpc) is 2.92. The maximum atomic E-state index is 13.5. The van der Waals surface area contributed by atoms with Gasteiger partial charge in [-0.3, -0.25) is 34.1 Å². The monoisotopic (exact) mass is 523 g/mol. The quantitative estimate of drug-likeness (QED) is 0.339. The molecule has 11 nitrogen and oxygen atoms in total. The van der Waals surface area contributed by atoms with Gasteiger partial charge in [0.05, 0.1) is 49.2 Å². The van der Waals surface area contributed by atoms with Gasteiger partial charge in [0, 0.05) is 17.5 Å². The number of esters is 2. The molecule has 2 aromatic rings. The predicted octanol–water partition coefficient (Wildman–Crippen LogP) is 2.08. The fraction of sp³-hybridized carbons (Fsp3) is 0.333. The van der Waals surface area contributed by atoms with Gasteiger partial charge in [-0.1, -0.05) is 31.2 Å². The number of ether oxygens (including phenoxy) is 2. The van der Waals surface area contributed by atoms with Gasteiger partial charge < -0.3 is 20.1 Å². The van der Waals surface area contributed by atoms with E-state index in [-0.39, 0.29) is 53.0 Å². The number of hydrogen-bond acceptors (Lipinski definition) is 9. The second kappa shape index (κ2) is 12.2. The molecule has 2 aromatic carbocycles. The lowest BCUT2D eigenvalue weighted by Gasteiger charge is -2.23. The zero-order valence-electron chi connectivity index (χ0n) is 21.5. The van der Waals surface area contributed by atoms with Crippen molar-refractivity contribution in [3.8, 4) is 0 Å². The van der Waals surface area contributed by atoms with E-state index in [1.165, 1.54) is 44.6 Å². The highest BCUT2D eigenvalue weighted by Crippen LogP contribution is 2.35. The van der Waals surface area contributed by atoms with Gasteiger partial charge in [-0.25, -0.2) is 0 Å². The Bertz CT molecular complexity index is 1200. The lowest BCUT2D eigenvalue weighted by Crippen LogP contribution is -2.40. The first-order valence-electron chi connectivity index (χ1n) is 11.9. The summed E-state index contributed by atoms with van der Waals surface area (Å²) in [6, 6.07) is 8.34. The second-order valence-electron chi connectivity index (χ2n) is 8.80. The van der Waals surface area contributed by atoms with E-state index in [0.29, 0.717) is 0 Å². The van der Waals surface area contributed by atoms with Gasteiger partial charge >= 0.3 is 11.9 Å². The van der Waals surface area contributed by atoms with Crippen LogP contribution in [0.5, 0.6) is 0 Å². The van der Waals surface area contributed by atoms with Gasteiger partial charge in [0.2, 0.25) is 11.8 Å². The SMILES string of the molecule is COC(=O)[C@@H](C)CCC(=O)Nc1cccc2c1C(=O)c1cccc(NC(=O)CN[C@H](C)C(=O)OC)c1C2=O. The highest BCUT2D eigenvalue weighted by molar-refractivity contribution is 6.32. The van der Waals surface area contributed by atoms with Crippen LogP contribution in [-0.4, -0.2) is 62.1 Å². The number of ketones is 2. The molecule has 38 heavy (non-hydrogen) atoms. The van der Waals surface area contributed by atoms with Gasteiger partial charge in [-0.15, -0.1) is 0 Å². The minimum Gasteiger partial charge on any atom is -0.469 e. The maximum Gasteiger partial charge on any atom is 0.322 e. The molecular formula is C27H29N3O8. The van der Waals surface area contributed by atoms with Crippen molar-refractivity contribution in [1.29, 1.82) is 0 Å². The minimum atomic E-state index is -0.720. The van der Waals surface area contributed by atoms with E-state index in [9.17, 15) is 28.8 Å². The Kier molecular flexibility index (Phi) is 9.08. The molecule has 3 N–H and O–H groups in total. The number of carbonyl (C=O) groups is 6. The van der Waals surface area contributed by atoms with Crippen LogP contribution < -0.4 is 16.0 Å². The molecule has 0 aliphatic heterocycles. The van der Waals surface area contributed by atoms with E-state index in [0.717, 1.165) is 0 Å². The number of benzene rings is 2. The van der Waals surface area contributed by atoms with Crippen LogP contribution in [0.15, 0.2) is 36.4 Å². The molecule has 1 aliphatic carbocycles. The van der Waals surface area contributed by atoms with Gasteiger partial charge in [-0.05, 0) is 25.5 Å². The lowest BCUT2D eigenvalue weighted by molar-refractivity contribution is -0.145. The topological polar surface area (TPSA) is 157 Å². The van der Waals surface area contributed by atoms with Crippen LogP contribution in [0.25, 0.3) is 0 Å². The molecule has 0 heterocycles. The summed E-state index contributed by atoms with van der Waals surface area (Å²) in [7, 11) is 2.51. The normalized spacial score (nSPS) is 13.5. The highest BCUT2D eigenvalue weighted by atomic mass is 16.5. The first kappa shape index (κ1) is 28.2. The van der Waals surface area contributed by atoms with E-state index < -0.39 is 47.3 Å². The number of amides is 2. The summed E-state index contributed by atoms with van der Waals surface area (Å²) in [4.78, 5) is 75.1. The molecule has 0 radical (unpaired) electrons. The molecule has 0 fully saturated rings. The Labute approximate surface area is 219 Å². The fourth-order valence-electron chi connectivity index (χ4n) is 4.03. The summed E-state index contributed by atoms with van der Waals surface area (Å²) in [6.07, 6.45) is 0.261. The van der Waals surface area contributed by atoms with Crippen LogP contribution in [0.1, 0.15) is 58.5 Å². The molecule has 2 atom stereocenters. The largest absolute Gasteiger partial charge is 0.469 e. The van der Waals surface area contributed by atoms with Crippen LogP contribution in [0.4, 0.5) is 11.4 Å². The van der Waals surface area contributed by atoms with Crippen LogP contribution >= 0.6 is 0 Å². The van der Waals surface area contributed by atoms with Crippen LogP contribution in [-0.2, 0) is 28.7 Å². The number of rotatable bonds is 10.